The summed E-state index contributed by atoms with van der Waals surface area (Å²) >= 11 is 0. The van der Waals surface area contributed by atoms with Crippen LogP contribution in [0.4, 0.5) is 4.39 Å². The Bertz CT molecular complexity index is 645. The van der Waals surface area contributed by atoms with Crippen LogP contribution in [0, 0.1) is 17.7 Å². The summed E-state index contributed by atoms with van der Waals surface area (Å²) in [7, 11) is 0. The fourth-order valence-corrected chi connectivity index (χ4v) is 1.45. The van der Waals surface area contributed by atoms with Crippen LogP contribution < -0.4 is 10.1 Å². The minimum Gasteiger partial charge on any atom is -0.482 e. The Morgan fingerprint density at radius 1 is 1.29 bits per heavy atom. The third-order valence-corrected chi connectivity index (χ3v) is 2.46. The first-order chi connectivity index (χ1) is 10.2. The van der Waals surface area contributed by atoms with Gasteiger partial charge in [-0.25, -0.2) is 4.39 Å². The summed E-state index contributed by atoms with van der Waals surface area (Å²) in [5.74, 6) is 5.55. The molecule has 1 aromatic heterocycles. The van der Waals surface area contributed by atoms with Crippen LogP contribution in [0.25, 0.3) is 0 Å². The molecule has 0 spiro atoms. The number of hydrogen-bond donors (Lipinski definition) is 1. The standard InChI is InChI=1S/C16H13FN2O2/c17-14-7-5-13(6-8-14)3-1-10-19-16(20)12-21-15-4-2-9-18-11-15/h2,4-9,11H,10,12H2,(H,19,20). The molecule has 0 unspecified atom stereocenters. The molecule has 1 amide bonds. The molecular weight excluding hydrogens is 271 g/mol. The fraction of sp³-hybridized carbons (Fsp3) is 0.125. The predicted octanol–water partition coefficient (Wildman–Crippen LogP) is 1.77. The van der Waals surface area contributed by atoms with Crippen molar-refractivity contribution in [2.45, 2.75) is 0 Å². The summed E-state index contributed by atoms with van der Waals surface area (Å²) in [6, 6.07) is 9.27. The molecule has 21 heavy (non-hydrogen) atoms. The third kappa shape index (κ3) is 5.33. The maximum Gasteiger partial charge on any atom is 0.258 e. The summed E-state index contributed by atoms with van der Waals surface area (Å²) in [5, 5.41) is 2.60. The van der Waals surface area contributed by atoms with E-state index in [1.54, 1.807) is 30.5 Å². The molecular formula is C16H13FN2O2. The number of benzene rings is 1. The highest BCUT2D eigenvalue weighted by molar-refractivity contribution is 5.77. The normalized spacial score (nSPS) is 9.38. The van der Waals surface area contributed by atoms with E-state index in [1.807, 2.05) is 0 Å². The predicted molar refractivity (Wildman–Crippen MR) is 76.0 cm³/mol. The number of amides is 1. The average molecular weight is 284 g/mol. The van der Waals surface area contributed by atoms with Crippen LogP contribution >= 0.6 is 0 Å². The van der Waals surface area contributed by atoms with Gasteiger partial charge in [0.25, 0.3) is 5.91 Å². The summed E-state index contributed by atoms with van der Waals surface area (Å²) < 4.78 is 17.9. The Balaban J connectivity index is 1.71. The number of rotatable bonds is 4. The van der Waals surface area contributed by atoms with E-state index in [9.17, 15) is 9.18 Å². The zero-order chi connectivity index (χ0) is 14.9. The molecule has 106 valence electrons. The SMILES string of the molecule is O=C(COc1cccnc1)NCC#Cc1ccc(F)cc1. The molecule has 1 aromatic carbocycles. The molecule has 0 saturated carbocycles. The molecule has 2 aromatic rings. The van der Waals surface area contributed by atoms with Crippen molar-refractivity contribution < 1.29 is 13.9 Å². The van der Waals surface area contributed by atoms with Gasteiger partial charge in [-0.1, -0.05) is 11.8 Å². The van der Waals surface area contributed by atoms with E-state index in [1.165, 1.54) is 18.3 Å². The Morgan fingerprint density at radius 3 is 2.81 bits per heavy atom. The van der Waals surface area contributed by atoms with Gasteiger partial charge < -0.3 is 10.1 Å². The number of nitrogens with zero attached hydrogens (tertiary/aromatic N) is 1. The minimum atomic E-state index is -0.304. The van der Waals surface area contributed by atoms with E-state index in [4.69, 9.17) is 4.74 Å². The van der Waals surface area contributed by atoms with Gasteiger partial charge in [-0.05, 0) is 36.4 Å². The molecule has 0 fully saturated rings. The Hall–Kier alpha value is -2.87. The Labute approximate surface area is 122 Å². The highest BCUT2D eigenvalue weighted by atomic mass is 19.1. The second kappa shape index (κ2) is 7.65. The largest absolute Gasteiger partial charge is 0.482 e. The maximum atomic E-state index is 12.7. The fourth-order valence-electron chi connectivity index (χ4n) is 1.45. The smallest absolute Gasteiger partial charge is 0.258 e. The van der Waals surface area contributed by atoms with Gasteiger partial charge >= 0.3 is 0 Å². The number of nitrogens with one attached hydrogen (secondary N) is 1. The van der Waals surface area contributed by atoms with Gasteiger partial charge in [-0.2, -0.15) is 0 Å². The molecule has 0 aliphatic carbocycles. The van der Waals surface area contributed by atoms with Gasteiger partial charge in [-0.3, -0.25) is 9.78 Å². The van der Waals surface area contributed by atoms with Crippen molar-refractivity contribution in [2.24, 2.45) is 0 Å². The van der Waals surface area contributed by atoms with Crippen molar-refractivity contribution >= 4 is 5.91 Å². The van der Waals surface area contributed by atoms with Crippen molar-refractivity contribution in [3.05, 3.63) is 60.2 Å². The molecule has 0 atom stereocenters. The first kappa shape index (κ1) is 14.5. The van der Waals surface area contributed by atoms with Crippen molar-refractivity contribution in [1.29, 1.82) is 0 Å². The van der Waals surface area contributed by atoms with Crippen LogP contribution in [-0.4, -0.2) is 24.0 Å². The molecule has 4 nitrogen and oxygen atoms in total. The molecule has 1 heterocycles. The molecule has 0 bridgehead atoms. The van der Waals surface area contributed by atoms with E-state index in [0.717, 1.165) is 0 Å². The minimum absolute atomic E-state index is 0.0933. The second-order valence-electron chi connectivity index (χ2n) is 4.06. The lowest BCUT2D eigenvalue weighted by molar-refractivity contribution is -0.122. The molecule has 2 rings (SSSR count). The molecule has 0 saturated heterocycles. The van der Waals surface area contributed by atoms with Crippen LogP contribution in [0.15, 0.2) is 48.8 Å². The van der Waals surface area contributed by atoms with Gasteiger partial charge in [0.1, 0.15) is 11.6 Å². The van der Waals surface area contributed by atoms with Crippen LogP contribution in [0.5, 0.6) is 5.75 Å². The Kier molecular flexibility index (Phi) is 5.30. The number of halogens is 1. The first-order valence-corrected chi connectivity index (χ1v) is 6.28. The van der Waals surface area contributed by atoms with Gasteiger partial charge in [0, 0.05) is 11.8 Å². The molecule has 0 aliphatic heterocycles. The van der Waals surface area contributed by atoms with Gasteiger partial charge in [0.15, 0.2) is 6.61 Å². The van der Waals surface area contributed by atoms with Crippen molar-refractivity contribution in [2.75, 3.05) is 13.2 Å². The van der Waals surface area contributed by atoms with Crippen molar-refractivity contribution in [3.63, 3.8) is 0 Å². The Morgan fingerprint density at radius 2 is 2.10 bits per heavy atom. The first-order valence-electron chi connectivity index (χ1n) is 6.28. The average Bonchev–Trinajstić information content (AvgIpc) is 2.52. The van der Waals surface area contributed by atoms with E-state index < -0.39 is 0 Å². The zero-order valence-electron chi connectivity index (χ0n) is 11.2. The number of ether oxygens (including phenoxy) is 1. The number of aromatic nitrogens is 1. The van der Waals surface area contributed by atoms with Crippen LogP contribution in [-0.2, 0) is 4.79 Å². The van der Waals surface area contributed by atoms with Gasteiger partial charge in [0.2, 0.25) is 0 Å². The van der Waals surface area contributed by atoms with Crippen molar-refractivity contribution in [1.82, 2.24) is 10.3 Å². The zero-order valence-corrected chi connectivity index (χ0v) is 11.2. The monoisotopic (exact) mass is 284 g/mol. The highest BCUT2D eigenvalue weighted by Gasteiger charge is 2.00. The third-order valence-electron chi connectivity index (χ3n) is 2.46. The molecule has 1 N–H and O–H groups in total. The quantitative estimate of drug-likeness (QED) is 0.871. The molecule has 0 radical (unpaired) electrons. The van der Waals surface area contributed by atoms with E-state index in [2.05, 4.69) is 22.1 Å². The van der Waals surface area contributed by atoms with E-state index in [-0.39, 0.29) is 24.9 Å². The lowest BCUT2D eigenvalue weighted by Crippen LogP contribution is -2.29. The number of hydrogen-bond acceptors (Lipinski definition) is 3. The maximum absolute atomic E-state index is 12.7. The summed E-state index contributed by atoms with van der Waals surface area (Å²) in [6.07, 6.45) is 3.15. The number of carbonyl (C=O) groups excluding carboxylic acids is 1. The summed E-state index contributed by atoms with van der Waals surface area (Å²) in [4.78, 5) is 15.4. The van der Waals surface area contributed by atoms with Gasteiger partial charge in [0.05, 0.1) is 12.7 Å². The second-order valence-corrected chi connectivity index (χ2v) is 4.06. The van der Waals surface area contributed by atoms with Crippen molar-refractivity contribution in [3.8, 4) is 17.6 Å². The van der Waals surface area contributed by atoms with Crippen LogP contribution in [0.3, 0.4) is 0 Å². The number of pyridine rings is 1. The molecule has 5 heteroatoms. The van der Waals surface area contributed by atoms with Gasteiger partial charge in [-0.15, -0.1) is 0 Å². The lowest BCUT2D eigenvalue weighted by atomic mass is 10.2. The topological polar surface area (TPSA) is 51.2 Å². The molecule has 0 aliphatic rings. The summed E-state index contributed by atoms with van der Waals surface area (Å²) in [6.45, 7) is 0.108. The van der Waals surface area contributed by atoms with Crippen LogP contribution in [0.1, 0.15) is 5.56 Å². The van der Waals surface area contributed by atoms with E-state index >= 15 is 0 Å². The van der Waals surface area contributed by atoms with E-state index in [0.29, 0.717) is 11.3 Å². The lowest BCUT2D eigenvalue weighted by Gasteiger charge is -2.04. The number of carbonyl (C=O) groups is 1. The van der Waals surface area contributed by atoms with Crippen LogP contribution in [0.2, 0.25) is 0 Å². The highest BCUT2D eigenvalue weighted by Crippen LogP contribution is 2.05. The summed E-state index contributed by atoms with van der Waals surface area (Å²) in [5.41, 5.74) is 0.692.